The molecule has 2 fully saturated rings. The van der Waals surface area contributed by atoms with Crippen molar-refractivity contribution in [2.75, 3.05) is 19.6 Å². The Labute approximate surface area is 116 Å². The molecule has 0 N–H and O–H groups in total. The van der Waals surface area contributed by atoms with Gasteiger partial charge in [0.1, 0.15) is 0 Å². The molecule has 6 heteroatoms. The highest BCUT2D eigenvalue weighted by atomic mass is 19.2. The second kappa shape index (κ2) is 5.09. The van der Waals surface area contributed by atoms with Crippen LogP contribution in [0.1, 0.15) is 30.1 Å². The van der Waals surface area contributed by atoms with E-state index in [9.17, 15) is 13.6 Å². The van der Waals surface area contributed by atoms with Crippen LogP contribution in [0.25, 0.3) is 0 Å². The number of fused-ring (bicyclic) bond motifs is 1. The Balaban J connectivity index is 1.84. The van der Waals surface area contributed by atoms with Crippen molar-refractivity contribution in [2.24, 2.45) is 0 Å². The first-order valence-electron chi connectivity index (χ1n) is 6.93. The summed E-state index contributed by atoms with van der Waals surface area (Å²) in [6.45, 7) is 4.39. The first-order valence-corrected chi connectivity index (χ1v) is 6.93. The number of aromatic nitrogens is 1. The lowest BCUT2D eigenvalue weighted by Crippen LogP contribution is -2.56. The maximum Gasteiger partial charge on any atom is 0.257 e. The number of rotatable bonds is 1. The summed E-state index contributed by atoms with van der Waals surface area (Å²) in [6.07, 6.45) is 3.32. The fourth-order valence-corrected chi connectivity index (χ4v) is 3.21. The normalized spacial score (nSPS) is 26.6. The number of amides is 1. The smallest absolute Gasteiger partial charge is 0.257 e. The summed E-state index contributed by atoms with van der Waals surface area (Å²) >= 11 is 0. The summed E-state index contributed by atoms with van der Waals surface area (Å²) in [6, 6.07) is 1.60. The van der Waals surface area contributed by atoms with Crippen LogP contribution in [-0.2, 0) is 0 Å². The largest absolute Gasteiger partial charge is 0.333 e. The molecule has 2 unspecified atom stereocenters. The Bertz CT molecular complexity index is 537. The van der Waals surface area contributed by atoms with Gasteiger partial charge in [0.05, 0.1) is 5.56 Å². The minimum atomic E-state index is -1.22. The van der Waals surface area contributed by atoms with E-state index >= 15 is 0 Å². The molecule has 1 aromatic heterocycles. The standard InChI is InChI=1S/C14H17F2N3O/c1-9-7-18-6-2-3-10(18)8-19(9)14(20)11-4-5-17-13(16)12(11)15/h4-5,9-10H,2-3,6-8H2,1H3. The zero-order chi connectivity index (χ0) is 14.3. The number of carbonyl (C=O) groups is 1. The summed E-state index contributed by atoms with van der Waals surface area (Å²) < 4.78 is 26.9. The summed E-state index contributed by atoms with van der Waals surface area (Å²) in [7, 11) is 0. The fourth-order valence-electron chi connectivity index (χ4n) is 3.21. The van der Waals surface area contributed by atoms with E-state index in [1.807, 2.05) is 6.92 Å². The molecule has 0 bridgehead atoms. The summed E-state index contributed by atoms with van der Waals surface area (Å²) in [5, 5.41) is 0. The second-order valence-corrected chi connectivity index (χ2v) is 5.56. The Morgan fingerprint density at radius 3 is 3.00 bits per heavy atom. The SMILES string of the molecule is CC1CN2CCCC2CN1C(=O)c1ccnc(F)c1F. The minimum absolute atomic E-state index is 0.00692. The summed E-state index contributed by atoms with van der Waals surface area (Å²) in [5.74, 6) is -2.82. The molecule has 3 heterocycles. The molecule has 2 atom stereocenters. The van der Waals surface area contributed by atoms with E-state index in [1.165, 1.54) is 6.07 Å². The topological polar surface area (TPSA) is 36.4 Å². The summed E-state index contributed by atoms with van der Waals surface area (Å²) in [4.78, 5) is 19.7. The van der Waals surface area contributed by atoms with Crippen LogP contribution in [0.5, 0.6) is 0 Å². The van der Waals surface area contributed by atoms with Crippen LogP contribution < -0.4 is 0 Å². The highest BCUT2D eigenvalue weighted by molar-refractivity contribution is 5.94. The summed E-state index contributed by atoms with van der Waals surface area (Å²) in [5.41, 5.74) is -0.226. The average molecular weight is 281 g/mol. The van der Waals surface area contributed by atoms with Crippen LogP contribution in [0.3, 0.4) is 0 Å². The molecule has 4 nitrogen and oxygen atoms in total. The Morgan fingerprint density at radius 1 is 1.40 bits per heavy atom. The number of carbonyl (C=O) groups excluding carboxylic acids is 1. The molecule has 0 radical (unpaired) electrons. The van der Waals surface area contributed by atoms with Crippen LogP contribution in [0.4, 0.5) is 8.78 Å². The van der Waals surface area contributed by atoms with Crippen molar-refractivity contribution in [2.45, 2.75) is 31.8 Å². The van der Waals surface area contributed by atoms with Gasteiger partial charge in [-0.2, -0.15) is 4.39 Å². The molecule has 3 rings (SSSR count). The predicted molar refractivity (Wildman–Crippen MR) is 69.2 cm³/mol. The van der Waals surface area contributed by atoms with E-state index in [4.69, 9.17) is 0 Å². The Hall–Kier alpha value is -1.56. The van der Waals surface area contributed by atoms with Crippen LogP contribution in [0.2, 0.25) is 0 Å². The molecule has 0 saturated carbocycles. The highest BCUT2D eigenvalue weighted by Crippen LogP contribution is 2.26. The van der Waals surface area contributed by atoms with Crippen molar-refractivity contribution in [3.63, 3.8) is 0 Å². The number of nitrogens with zero attached hydrogens (tertiary/aromatic N) is 3. The molecule has 2 aliphatic rings. The molecule has 20 heavy (non-hydrogen) atoms. The van der Waals surface area contributed by atoms with Crippen molar-refractivity contribution in [3.8, 4) is 0 Å². The van der Waals surface area contributed by atoms with Gasteiger partial charge in [-0.25, -0.2) is 9.37 Å². The molecule has 2 saturated heterocycles. The van der Waals surface area contributed by atoms with E-state index < -0.39 is 17.7 Å². The molecule has 2 aliphatic heterocycles. The van der Waals surface area contributed by atoms with Crippen LogP contribution in [0.15, 0.2) is 12.3 Å². The van der Waals surface area contributed by atoms with Gasteiger partial charge in [-0.3, -0.25) is 9.69 Å². The maximum atomic E-state index is 13.7. The van der Waals surface area contributed by atoms with Crippen LogP contribution in [-0.4, -0.2) is 52.4 Å². The molecule has 0 spiro atoms. The third kappa shape index (κ3) is 2.18. The minimum Gasteiger partial charge on any atom is -0.333 e. The number of piperazine rings is 1. The molecule has 1 aromatic rings. The lowest BCUT2D eigenvalue weighted by atomic mass is 10.1. The Morgan fingerprint density at radius 2 is 2.20 bits per heavy atom. The quantitative estimate of drug-likeness (QED) is 0.735. The van der Waals surface area contributed by atoms with Gasteiger partial charge in [0.2, 0.25) is 5.95 Å². The molecular weight excluding hydrogens is 264 g/mol. The van der Waals surface area contributed by atoms with E-state index in [1.54, 1.807) is 4.90 Å². The second-order valence-electron chi connectivity index (χ2n) is 5.56. The van der Waals surface area contributed by atoms with Crippen LogP contribution in [0, 0.1) is 11.8 Å². The van der Waals surface area contributed by atoms with Gasteiger partial charge in [-0.1, -0.05) is 0 Å². The molecule has 0 aliphatic carbocycles. The van der Waals surface area contributed by atoms with Crippen molar-refractivity contribution in [1.29, 1.82) is 0 Å². The van der Waals surface area contributed by atoms with Gasteiger partial charge in [0, 0.05) is 31.4 Å². The van der Waals surface area contributed by atoms with Crippen molar-refractivity contribution < 1.29 is 13.6 Å². The van der Waals surface area contributed by atoms with Crippen molar-refractivity contribution in [1.82, 2.24) is 14.8 Å². The van der Waals surface area contributed by atoms with Crippen LogP contribution >= 0.6 is 0 Å². The van der Waals surface area contributed by atoms with Gasteiger partial charge in [0.15, 0.2) is 5.82 Å². The molecule has 108 valence electrons. The first-order chi connectivity index (χ1) is 9.58. The highest BCUT2D eigenvalue weighted by Gasteiger charge is 2.37. The average Bonchev–Trinajstić information content (AvgIpc) is 2.87. The van der Waals surface area contributed by atoms with E-state index in [-0.39, 0.29) is 11.6 Å². The molecular formula is C14H17F2N3O. The lowest BCUT2D eigenvalue weighted by molar-refractivity contribution is 0.0390. The van der Waals surface area contributed by atoms with Gasteiger partial charge in [-0.15, -0.1) is 0 Å². The number of hydrogen-bond acceptors (Lipinski definition) is 3. The van der Waals surface area contributed by atoms with E-state index in [0.29, 0.717) is 12.6 Å². The van der Waals surface area contributed by atoms with Gasteiger partial charge in [-0.05, 0) is 32.4 Å². The zero-order valence-electron chi connectivity index (χ0n) is 11.4. The number of halogens is 2. The third-order valence-corrected chi connectivity index (χ3v) is 4.28. The molecule has 0 aromatic carbocycles. The fraction of sp³-hybridized carbons (Fsp3) is 0.571. The van der Waals surface area contributed by atoms with E-state index in [0.717, 1.165) is 32.1 Å². The zero-order valence-corrected chi connectivity index (χ0v) is 11.4. The van der Waals surface area contributed by atoms with Gasteiger partial charge >= 0.3 is 0 Å². The first kappa shape index (κ1) is 13.4. The van der Waals surface area contributed by atoms with Crippen molar-refractivity contribution in [3.05, 3.63) is 29.6 Å². The Kier molecular flexibility index (Phi) is 3.41. The predicted octanol–water partition coefficient (Wildman–Crippen LogP) is 1.67. The number of hydrogen-bond donors (Lipinski definition) is 0. The maximum absolute atomic E-state index is 13.7. The monoisotopic (exact) mass is 281 g/mol. The molecule has 1 amide bonds. The van der Waals surface area contributed by atoms with E-state index in [2.05, 4.69) is 9.88 Å². The third-order valence-electron chi connectivity index (χ3n) is 4.28. The number of pyridine rings is 1. The van der Waals surface area contributed by atoms with Gasteiger partial charge < -0.3 is 4.90 Å². The lowest BCUT2D eigenvalue weighted by Gasteiger charge is -2.42. The van der Waals surface area contributed by atoms with Gasteiger partial charge in [0.25, 0.3) is 5.91 Å². The van der Waals surface area contributed by atoms with Crippen molar-refractivity contribution >= 4 is 5.91 Å².